The number of rotatable bonds is 7. The minimum Gasteiger partial charge on any atom is -0.469 e. The number of thiazole rings is 1. The number of alkyl halides is 3. The number of hydrogen-bond donors (Lipinski definition) is 2. The molecule has 162 valence electrons. The van der Waals surface area contributed by atoms with Crippen molar-refractivity contribution in [2.24, 2.45) is 4.99 Å². The molecule has 2 N–H and O–H groups in total. The Morgan fingerprint density at radius 2 is 2.17 bits per heavy atom. The van der Waals surface area contributed by atoms with Gasteiger partial charge in [-0.1, -0.05) is 0 Å². The van der Waals surface area contributed by atoms with Gasteiger partial charge in [0.15, 0.2) is 11.7 Å². The molecule has 3 heterocycles. The molecule has 1 aliphatic heterocycles. The molecule has 1 aliphatic rings. The summed E-state index contributed by atoms with van der Waals surface area (Å²) in [6.07, 6.45) is 1.15. The molecule has 0 saturated carbocycles. The molecule has 1 saturated heterocycles. The highest BCUT2D eigenvalue weighted by atomic mass is 127. The highest BCUT2D eigenvalue weighted by Crippen LogP contribution is 2.30. The standard InChI is InChI=1S/C18H23F3N4O2S.HI/c19-18(20,21)15-12-28-16(25-15)11-24-17(22-7-6-13-5-3-9-26-13)23-10-14-4-1-2-8-27-14;/h3,5,9,12,14H,1-2,4,6-8,10-11H2,(H2,22,23,24);1H. The molecule has 29 heavy (non-hydrogen) atoms. The van der Waals surface area contributed by atoms with Gasteiger partial charge < -0.3 is 19.8 Å². The number of aliphatic imine (C=N–C) groups is 1. The van der Waals surface area contributed by atoms with Gasteiger partial charge in [0, 0.05) is 31.5 Å². The Morgan fingerprint density at radius 1 is 1.31 bits per heavy atom. The first-order valence-electron chi connectivity index (χ1n) is 9.18. The number of hydrogen-bond acceptors (Lipinski definition) is 5. The summed E-state index contributed by atoms with van der Waals surface area (Å²) in [5.41, 5.74) is -0.876. The Hall–Kier alpha value is -1.34. The van der Waals surface area contributed by atoms with Gasteiger partial charge in [-0.25, -0.2) is 9.98 Å². The number of aromatic nitrogens is 1. The lowest BCUT2D eigenvalue weighted by molar-refractivity contribution is -0.140. The van der Waals surface area contributed by atoms with Crippen molar-refractivity contribution in [1.29, 1.82) is 0 Å². The van der Waals surface area contributed by atoms with E-state index >= 15 is 0 Å². The molecule has 0 bridgehead atoms. The number of ether oxygens (including phenoxy) is 1. The van der Waals surface area contributed by atoms with E-state index in [0.29, 0.717) is 30.5 Å². The first-order chi connectivity index (χ1) is 13.5. The summed E-state index contributed by atoms with van der Waals surface area (Å²) < 4.78 is 49.1. The van der Waals surface area contributed by atoms with Crippen molar-refractivity contribution >= 4 is 41.3 Å². The van der Waals surface area contributed by atoms with Gasteiger partial charge in [-0.3, -0.25) is 0 Å². The molecule has 1 fully saturated rings. The summed E-state index contributed by atoms with van der Waals surface area (Å²) in [5, 5.41) is 7.72. The number of furan rings is 1. The normalized spacial score (nSPS) is 17.6. The fourth-order valence-electron chi connectivity index (χ4n) is 2.77. The summed E-state index contributed by atoms with van der Waals surface area (Å²) in [7, 11) is 0. The zero-order valence-electron chi connectivity index (χ0n) is 15.7. The lowest BCUT2D eigenvalue weighted by Gasteiger charge is -2.23. The van der Waals surface area contributed by atoms with Gasteiger partial charge in [-0.2, -0.15) is 13.2 Å². The summed E-state index contributed by atoms with van der Waals surface area (Å²) in [4.78, 5) is 8.00. The molecule has 2 aromatic rings. The Labute approximate surface area is 188 Å². The van der Waals surface area contributed by atoms with Crippen molar-refractivity contribution in [3.63, 3.8) is 0 Å². The minimum atomic E-state index is -4.43. The second-order valence-electron chi connectivity index (χ2n) is 6.41. The van der Waals surface area contributed by atoms with Gasteiger partial charge >= 0.3 is 6.18 Å². The van der Waals surface area contributed by atoms with Crippen LogP contribution in [0.3, 0.4) is 0 Å². The van der Waals surface area contributed by atoms with Crippen LogP contribution in [0.5, 0.6) is 0 Å². The predicted octanol–water partition coefficient (Wildman–Crippen LogP) is 4.22. The van der Waals surface area contributed by atoms with Crippen LogP contribution in [0, 0.1) is 0 Å². The van der Waals surface area contributed by atoms with E-state index in [0.717, 1.165) is 48.3 Å². The van der Waals surface area contributed by atoms with Crippen LogP contribution in [0.2, 0.25) is 0 Å². The van der Waals surface area contributed by atoms with Crippen LogP contribution in [0.15, 0.2) is 33.2 Å². The predicted molar refractivity (Wildman–Crippen MR) is 116 cm³/mol. The average Bonchev–Trinajstić information content (AvgIpc) is 3.36. The minimum absolute atomic E-state index is 0. The molecule has 3 rings (SSSR count). The summed E-state index contributed by atoms with van der Waals surface area (Å²) in [6.45, 7) is 2.00. The van der Waals surface area contributed by atoms with Crippen molar-refractivity contribution in [2.45, 2.75) is 44.5 Å². The van der Waals surface area contributed by atoms with Gasteiger partial charge in [0.1, 0.15) is 10.8 Å². The van der Waals surface area contributed by atoms with Crippen LogP contribution in [0.1, 0.15) is 35.7 Å². The quantitative estimate of drug-likeness (QED) is 0.311. The fraction of sp³-hybridized carbons (Fsp3) is 0.556. The largest absolute Gasteiger partial charge is 0.469 e. The molecule has 1 atom stereocenters. The third-order valence-corrected chi connectivity index (χ3v) is 5.06. The lowest BCUT2D eigenvalue weighted by atomic mass is 10.1. The Kier molecular flexibility index (Phi) is 9.69. The molecule has 2 aromatic heterocycles. The van der Waals surface area contributed by atoms with Crippen LogP contribution in [0.4, 0.5) is 13.2 Å². The SMILES string of the molecule is FC(F)(F)c1csc(CN=C(NCCc2ccco2)NCC2CCCCO2)n1.I. The highest BCUT2D eigenvalue weighted by Gasteiger charge is 2.33. The van der Waals surface area contributed by atoms with Crippen molar-refractivity contribution in [1.82, 2.24) is 15.6 Å². The van der Waals surface area contributed by atoms with Gasteiger partial charge in [0.05, 0.1) is 18.9 Å². The second-order valence-corrected chi connectivity index (χ2v) is 7.36. The topological polar surface area (TPSA) is 71.7 Å². The van der Waals surface area contributed by atoms with Gasteiger partial charge in [-0.15, -0.1) is 35.3 Å². The summed E-state index contributed by atoms with van der Waals surface area (Å²) >= 11 is 0.953. The van der Waals surface area contributed by atoms with E-state index in [2.05, 4.69) is 20.6 Å². The van der Waals surface area contributed by atoms with E-state index in [1.165, 1.54) is 0 Å². The number of halogens is 4. The number of nitrogens with zero attached hydrogens (tertiary/aromatic N) is 2. The second kappa shape index (κ2) is 11.7. The molecular formula is C18H24F3IN4O2S. The third kappa shape index (κ3) is 8.13. The van der Waals surface area contributed by atoms with E-state index in [9.17, 15) is 13.2 Å². The average molecular weight is 544 g/mol. The van der Waals surface area contributed by atoms with Gasteiger partial charge in [0.25, 0.3) is 0 Å². The Balaban J connectivity index is 0.00000300. The molecule has 0 amide bonds. The Morgan fingerprint density at radius 3 is 2.83 bits per heavy atom. The summed E-state index contributed by atoms with van der Waals surface area (Å²) in [5.74, 6) is 1.36. The molecule has 6 nitrogen and oxygen atoms in total. The Bertz CT molecular complexity index is 747. The van der Waals surface area contributed by atoms with Crippen molar-refractivity contribution in [3.8, 4) is 0 Å². The third-order valence-electron chi connectivity index (χ3n) is 4.23. The smallest absolute Gasteiger partial charge is 0.434 e. The number of nitrogens with one attached hydrogen (secondary N) is 2. The first kappa shape index (κ1) is 23.9. The van der Waals surface area contributed by atoms with E-state index in [-0.39, 0.29) is 36.6 Å². The maximum Gasteiger partial charge on any atom is 0.434 e. The van der Waals surface area contributed by atoms with Crippen LogP contribution >= 0.6 is 35.3 Å². The van der Waals surface area contributed by atoms with E-state index < -0.39 is 11.9 Å². The van der Waals surface area contributed by atoms with E-state index in [1.807, 2.05) is 12.1 Å². The van der Waals surface area contributed by atoms with Gasteiger partial charge in [-0.05, 0) is 31.4 Å². The van der Waals surface area contributed by atoms with Crippen LogP contribution in [-0.4, -0.2) is 36.7 Å². The molecule has 0 aliphatic carbocycles. The molecule has 11 heteroatoms. The summed E-state index contributed by atoms with van der Waals surface area (Å²) in [6, 6.07) is 3.71. The highest BCUT2D eigenvalue weighted by molar-refractivity contribution is 14.0. The molecule has 1 unspecified atom stereocenters. The van der Waals surface area contributed by atoms with Crippen LogP contribution < -0.4 is 10.6 Å². The van der Waals surface area contributed by atoms with Crippen molar-refractivity contribution < 1.29 is 22.3 Å². The van der Waals surface area contributed by atoms with Crippen LogP contribution in [-0.2, 0) is 23.9 Å². The van der Waals surface area contributed by atoms with Crippen molar-refractivity contribution in [3.05, 3.63) is 40.2 Å². The fourth-order valence-corrected chi connectivity index (χ4v) is 3.50. The lowest BCUT2D eigenvalue weighted by Crippen LogP contribution is -2.43. The molecular weight excluding hydrogens is 520 g/mol. The van der Waals surface area contributed by atoms with Crippen molar-refractivity contribution in [2.75, 3.05) is 19.7 Å². The monoisotopic (exact) mass is 544 g/mol. The first-order valence-corrected chi connectivity index (χ1v) is 10.1. The molecule has 0 spiro atoms. The van der Waals surface area contributed by atoms with E-state index in [1.54, 1.807) is 6.26 Å². The maximum atomic E-state index is 12.7. The van der Waals surface area contributed by atoms with Gasteiger partial charge in [0.2, 0.25) is 0 Å². The van der Waals surface area contributed by atoms with E-state index in [4.69, 9.17) is 9.15 Å². The number of guanidine groups is 1. The zero-order valence-corrected chi connectivity index (χ0v) is 18.9. The molecule has 0 radical (unpaired) electrons. The molecule has 0 aromatic carbocycles. The maximum absolute atomic E-state index is 12.7. The zero-order chi connectivity index (χ0) is 19.8. The van der Waals surface area contributed by atoms with Crippen LogP contribution in [0.25, 0.3) is 0 Å².